The van der Waals surface area contributed by atoms with Crippen molar-refractivity contribution < 1.29 is 0 Å². The van der Waals surface area contributed by atoms with E-state index >= 15 is 0 Å². The minimum atomic E-state index is 0.996. The van der Waals surface area contributed by atoms with Gasteiger partial charge in [0.15, 0.2) is 0 Å². The smallest absolute Gasteiger partial charge is 0.0540 e. The molecule has 0 N–H and O–H groups in total. The first-order chi connectivity index (χ1) is 42.6. The molecule has 3 nitrogen and oxygen atoms in total. The fourth-order valence-electron chi connectivity index (χ4n) is 12.2. The Morgan fingerprint density at radius 3 is 1.07 bits per heavy atom. The van der Waals surface area contributed by atoms with Crippen LogP contribution in [0, 0.1) is 0 Å². The van der Waals surface area contributed by atoms with Crippen LogP contribution >= 0.6 is 11.3 Å². The SMILES string of the molecule is c1ccc(-c2cccc(-c3ccc(N(c4ccccc4)c4cc(N(c5ccccc5)c5ccc(-c6cccc(-c7ccccc7)c6)cc5)cc(N(c5ccc(-c6cccc7c6sc6ccccc67)cc5)c5cccc6ccccc56)c4)cc3)c2)cc1. The van der Waals surface area contributed by atoms with Crippen LogP contribution in [0.3, 0.4) is 0 Å². The average molecular weight is 1120 g/mol. The molecule has 0 radical (unpaired) electrons. The molecule has 0 fully saturated rings. The van der Waals surface area contributed by atoms with Gasteiger partial charge in [-0.1, -0.05) is 243 Å². The molecule has 0 aliphatic rings. The molecule has 1 heterocycles. The summed E-state index contributed by atoms with van der Waals surface area (Å²) in [5.41, 5.74) is 21.1. The molecule has 0 spiro atoms. The number of rotatable bonds is 14. The molecule has 14 aromatic carbocycles. The maximum Gasteiger partial charge on any atom is 0.0540 e. The number of hydrogen-bond donors (Lipinski definition) is 0. The number of para-hydroxylation sites is 2. The standard InChI is InChI=1S/C82H57N3S/c1-5-21-58(22-6-1)64-27-17-29-66(53-64)60-41-47-70(48-42-60)83(68-31-9-3-10-32-68)73-55-74(84(69-33-11-4-12-34-69)71-49-43-61(44-50-71)67-30-18-28-65(54-67)59-23-7-2-8-24-59)57-75(56-73)85(80-39-19-26-62-25-13-14-35-76(62)80)72-51-45-63(46-52-72)77-37-20-38-79-78-36-15-16-40-81(78)86-82(77)79/h1-57H. The first-order valence-corrected chi connectivity index (χ1v) is 30.1. The lowest BCUT2D eigenvalue weighted by Crippen LogP contribution is -2.16. The van der Waals surface area contributed by atoms with Crippen molar-refractivity contribution >= 4 is 93.5 Å². The van der Waals surface area contributed by atoms with Crippen LogP contribution in [0.1, 0.15) is 0 Å². The van der Waals surface area contributed by atoms with Crippen LogP contribution in [0.2, 0.25) is 0 Å². The van der Waals surface area contributed by atoms with E-state index in [0.717, 1.165) is 67.7 Å². The zero-order valence-electron chi connectivity index (χ0n) is 47.2. The van der Waals surface area contributed by atoms with Crippen LogP contribution in [-0.2, 0) is 0 Å². The second kappa shape index (κ2) is 23.0. The lowest BCUT2D eigenvalue weighted by atomic mass is 9.98. The Kier molecular flexibility index (Phi) is 13.8. The Hall–Kier alpha value is -11.0. The molecule has 0 bridgehead atoms. The van der Waals surface area contributed by atoms with Crippen molar-refractivity contribution in [3.8, 4) is 55.6 Å². The normalized spacial score (nSPS) is 11.3. The minimum Gasteiger partial charge on any atom is -0.310 e. The summed E-state index contributed by atoms with van der Waals surface area (Å²) in [7, 11) is 0. The van der Waals surface area contributed by atoms with Gasteiger partial charge in [0, 0.05) is 54.0 Å². The molecular weight excluding hydrogens is 1060 g/mol. The monoisotopic (exact) mass is 1120 g/mol. The minimum absolute atomic E-state index is 0.996. The van der Waals surface area contributed by atoms with Gasteiger partial charge in [-0.15, -0.1) is 11.3 Å². The van der Waals surface area contributed by atoms with Gasteiger partial charge in [0.05, 0.1) is 22.7 Å². The summed E-state index contributed by atoms with van der Waals surface area (Å²) in [5, 5.41) is 4.91. The molecule has 15 rings (SSSR count). The summed E-state index contributed by atoms with van der Waals surface area (Å²) >= 11 is 1.87. The fourth-order valence-corrected chi connectivity index (χ4v) is 13.5. The van der Waals surface area contributed by atoms with Crippen molar-refractivity contribution in [2.45, 2.75) is 0 Å². The predicted octanol–water partition coefficient (Wildman–Crippen LogP) is 24.0. The lowest BCUT2D eigenvalue weighted by Gasteiger charge is -2.33. The second-order valence-electron chi connectivity index (χ2n) is 21.7. The Balaban J connectivity index is 0.925. The van der Waals surface area contributed by atoms with Crippen LogP contribution in [0.15, 0.2) is 346 Å². The van der Waals surface area contributed by atoms with Gasteiger partial charge in [0.25, 0.3) is 0 Å². The highest BCUT2D eigenvalue weighted by atomic mass is 32.1. The summed E-state index contributed by atoms with van der Waals surface area (Å²) in [6, 6.07) is 126. The molecule has 1 aromatic heterocycles. The van der Waals surface area contributed by atoms with Crippen LogP contribution < -0.4 is 14.7 Å². The van der Waals surface area contributed by atoms with Crippen LogP contribution in [0.4, 0.5) is 51.2 Å². The number of anilines is 9. The van der Waals surface area contributed by atoms with Gasteiger partial charge in [-0.25, -0.2) is 0 Å². The molecule has 0 aliphatic carbocycles. The Morgan fingerprint density at radius 2 is 0.547 bits per heavy atom. The van der Waals surface area contributed by atoms with E-state index in [2.05, 4.69) is 360 Å². The van der Waals surface area contributed by atoms with E-state index in [4.69, 9.17) is 0 Å². The quantitative estimate of drug-likeness (QED) is 0.107. The first kappa shape index (κ1) is 51.8. The Morgan fingerprint density at radius 1 is 0.198 bits per heavy atom. The molecule has 4 heteroatoms. The van der Waals surface area contributed by atoms with E-state index in [0.29, 0.717) is 0 Å². The van der Waals surface area contributed by atoms with Crippen LogP contribution in [0.25, 0.3) is 86.6 Å². The Labute approximate surface area is 506 Å². The van der Waals surface area contributed by atoms with Crippen molar-refractivity contribution in [1.82, 2.24) is 0 Å². The van der Waals surface area contributed by atoms with E-state index in [1.807, 2.05) is 11.3 Å². The van der Waals surface area contributed by atoms with E-state index in [-0.39, 0.29) is 0 Å². The zero-order valence-corrected chi connectivity index (χ0v) is 48.0. The van der Waals surface area contributed by atoms with Crippen LogP contribution in [-0.4, -0.2) is 0 Å². The van der Waals surface area contributed by atoms with Crippen molar-refractivity contribution in [3.05, 3.63) is 346 Å². The van der Waals surface area contributed by atoms with Crippen molar-refractivity contribution in [2.75, 3.05) is 14.7 Å². The third kappa shape index (κ3) is 10.1. The van der Waals surface area contributed by atoms with Crippen molar-refractivity contribution in [1.29, 1.82) is 0 Å². The summed E-state index contributed by atoms with van der Waals surface area (Å²) in [6.07, 6.45) is 0. The van der Waals surface area contributed by atoms with Gasteiger partial charge in [-0.2, -0.15) is 0 Å². The number of thiophene rings is 1. The molecule has 0 saturated carbocycles. The van der Waals surface area contributed by atoms with Gasteiger partial charge < -0.3 is 14.7 Å². The van der Waals surface area contributed by atoms with Crippen molar-refractivity contribution in [3.63, 3.8) is 0 Å². The molecule has 0 atom stereocenters. The molecule has 0 aliphatic heterocycles. The van der Waals surface area contributed by atoms with E-state index in [1.165, 1.54) is 70.1 Å². The average Bonchev–Trinajstić information content (AvgIpc) is 1.98. The zero-order chi connectivity index (χ0) is 57.2. The van der Waals surface area contributed by atoms with Gasteiger partial charge in [-0.05, 0) is 164 Å². The van der Waals surface area contributed by atoms with Crippen LogP contribution in [0.5, 0.6) is 0 Å². The topological polar surface area (TPSA) is 9.72 Å². The lowest BCUT2D eigenvalue weighted by molar-refractivity contribution is 1.23. The number of fused-ring (bicyclic) bond motifs is 4. The molecular formula is C82H57N3S. The first-order valence-electron chi connectivity index (χ1n) is 29.3. The molecule has 15 aromatic rings. The summed E-state index contributed by atoms with van der Waals surface area (Å²) in [5.74, 6) is 0. The third-order valence-electron chi connectivity index (χ3n) is 16.4. The summed E-state index contributed by atoms with van der Waals surface area (Å²) in [4.78, 5) is 7.26. The fraction of sp³-hybridized carbons (Fsp3) is 0. The van der Waals surface area contributed by atoms with Crippen molar-refractivity contribution in [2.24, 2.45) is 0 Å². The molecule has 86 heavy (non-hydrogen) atoms. The molecule has 0 amide bonds. The maximum atomic E-state index is 2.46. The van der Waals surface area contributed by atoms with Gasteiger partial charge in [-0.3, -0.25) is 0 Å². The van der Waals surface area contributed by atoms with Gasteiger partial charge >= 0.3 is 0 Å². The van der Waals surface area contributed by atoms with E-state index in [9.17, 15) is 0 Å². The molecule has 0 saturated heterocycles. The number of benzene rings is 14. The highest BCUT2D eigenvalue weighted by Gasteiger charge is 2.24. The third-order valence-corrected chi connectivity index (χ3v) is 17.6. The molecule has 0 unspecified atom stereocenters. The van der Waals surface area contributed by atoms with E-state index in [1.54, 1.807) is 0 Å². The molecule has 406 valence electrons. The highest BCUT2D eigenvalue weighted by Crippen LogP contribution is 2.49. The largest absolute Gasteiger partial charge is 0.310 e. The highest BCUT2D eigenvalue weighted by molar-refractivity contribution is 7.26. The van der Waals surface area contributed by atoms with Gasteiger partial charge in [0.1, 0.15) is 0 Å². The predicted molar refractivity (Wildman–Crippen MR) is 368 cm³/mol. The maximum absolute atomic E-state index is 2.46. The Bertz CT molecular complexity index is 4660. The second-order valence-corrected chi connectivity index (χ2v) is 22.8. The van der Waals surface area contributed by atoms with E-state index < -0.39 is 0 Å². The number of hydrogen-bond acceptors (Lipinski definition) is 4. The number of nitrogens with zero attached hydrogens (tertiary/aromatic N) is 3. The van der Waals surface area contributed by atoms with Gasteiger partial charge in [0.2, 0.25) is 0 Å². The summed E-state index contributed by atoms with van der Waals surface area (Å²) in [6.45, 7) is 0. The summed E-state index contributed by atoms with van der Waals surface area (Å²) < 4.78 is 2.60.